The van der Waals surface area contributed by atoms with E-state index in [4.69, 9.17) is 9.15 Å². The fourth-order valence-corrected chi connectivity index (χ4v) is 4.66. The van der Waals surface area contributed by atoms with Gasteiger partial charge in [0.1, 0.15) is 11.7 Å². The first kappa shape index (κ1) is 34.3. The van der Waals surface area contributed by atoms with Crippen molar-refractivity contribution in [1.29, 1.82) is 0 Å². The highest BCUT2D eigenvalue weighted by Crippen LogP contribution is 2.22. The molecule has 0 spiro atoms. The van der Waals surface area contributed by atoms with Crippen LogP contribution in [-0.4, -0.2) is 22.8 Å². The maximum atomic E-state index is 12.5. The second-order valence-electron chi connectivity index (χ2n) is 11.7. The SMILES string of the molecule is CCCCC/C=C\C/C=C\CCCCCCC(=O)O[C@H](CC/C(C)=C/Cc1ccc2ccc(=O)oc2c1)C(C)(C)O. The van der Waals surface area contributed by atoms with Crippen LogP contribution in [0.3, 0.4) is 0 Å². The summed E-state index contributed by atoms with van der Waals surface area (Å²) in [4.78, 5) is 24.0. The highest BCUT2D eigenvalue weighted by atomic mass is 16.6. The lowest BCUT2D eigenvalue weighted by molar-refractivity contribution is -0.162. The maximum absolute atomic E-state index is 12.5. The average Bonchev–Trinajstić information content (AvgIpc) is 2.93. The normalized spacial score (nSPS) is 13.4. The summed E-state index contributed by atoms with van der Waals surface area (Å²) >= 11 is 0. The third kappa shape index (κ3) is 15.0. The smallest absolute Gasteiger partial charge is 0.336 e. The van der Waals surface area contributed by atoms with Crippen molar-refractivity contribution in [2.45, 2.75) is 129 Å². The molecule has 0 fully saturated rings. The topological polar surface area (TPSA) is 76.7 Å². The molecule has 0 unspecified atom stereocenters. The van der Waals surface area contributed by atoms with Gasteiger partial charge in [-0.15, -0.1) is 0 Å². The molecule has 1 aromatic carbocycles. The molecule has 1 heterocycles. The van der Waals surface area contributed by atoms with E-state index in [1.54, 1.807) is 19.9 Å². The third-order valence-electron chi connectivity index (χ3n) is 7.32. The van der Waals surface area contributed by atoms with Crippen LogP contribution < -0.4 is 5.63 Å². The molecule has 2 aromatic rings. The minimum atomic E-state index is -1.11. The van der Waals surface area contributed by atoms with Crippen LogP contribution in [0.4, 0.5) is 0 Å². The van der Waals surface area contributed by atoms with Gasteiger partial charge in [-0.3, -0.25) is 4.79 Å². The molecule has 0 aliphatic heterocycles. The van der Waals surface area contributed by atoms with Crippen molar-refractivity contribution in [1.82, 2.24) is 0 Å². The average molecular weight is 565 g/mol. The van der Waals surface area contributed by atoms with Crippen LogP contribution in [0.5, 0.6) is 0 Å². The van der Waals surface area contributed by atoms with Gasteiger partial charge >= 0.3 is 11.6 Å². The summed E-state index contributed by atoms with van der Waals surface area (Å²) in [5, 5.41) is 11.5. The molecule has 2 rings (SSSR count). The van der Waals surface area contributed by atoms with Crippen molar-refractivity contribution in [2.24, 2.45) is 0 Å². The first-order valence-corrected chi connectivity index (χ1v) is 15.6. The summed E-state index contributed by atoms with van der Waals surface area (Å²) in [7, 11) is 0. The van der Waals surface area contributed by atoms with Crippen LogP contribution in [0, 0.1) is 0 Å². The summed E-state index contributed by atoms with van der Waals surface area (Å²) in [6, 6.07) is 9.06. The molecule has 1 atom stereocenters. The fraction of sp³-hybridized carbons (Fsp3) is 0.556. The molecule has 0 aliphatic rings. The van der Waals surface area contributed by atoms with Crippen LogP contribution in [-0.2, 0) is 16.0 Å². The lowest BCUT2D eigenvalue weighted by atomic mass is 9.95. The van der Waals surface area contributed by atoms with Gasteiger partial charge in [0.15, 0.2) is 0 Å². The Morgan fingerprint density at radius 1 is 0.951 bits per heavy atom. The van der Waals surface area contributed by atoms with E-state index in [-0.39, 0.29) is 11.6 Å². The number of allylic oxidation sites excluding steroid dienone is 6. The molecule has 0 radical (unpaired) electrons. The highest BCUT2D eigenvalue weighted by Gasteiger charge is 2.30. The monoisotopic (exact) mass is 564 g/mol. The Hall–Kier alpha value is -2.92. The van der Waals surface area contributed by atoms with Crippen molar-refractivity contribution in [3.8, 4) is 0 Å². The van der Waals surface area contributed by atoms with Gasteiger partial charge in [0, 0.05) is 17.9 Å². The van der Waals surface area contributed by atoms with Crippen molar-refractivity contribution in [2.75, 3.05) is 0 Å². The molecular weight excluding hydrogens is 512 g/mol. The summed E-state index contributed by atoms with van der Waals surface area (Å²) < 4.78 is 11.0. The molecule has 226 valence electrons. The van der Waals surface area contributed by atoms with Gasteiger partial charge < -0.3 is 14.3 Å². The maximum Gasteiger partial charge on any atom is 0.336 e. The Morgan fingerprint density at radius 2 is 1.63 bits per heavy atom. The molecule has 0 bridgehead atoms. The van der Waals surface area contributed by atoms with Gasteiger partial charge in [0.2, 0.25) is 0 Å². The van der Waals surface area contributed by atoms with Crippen molar-refractivity contribution in [3.63, 3.8) is 0 Å². The number of carbonyl (C=O) groups excluding carboxylic acids is 1. The summed E-state index contributed by atoms with van der Waals surface area (Å²) in [5.41, 5.74) is 1.33. The number of ether oxygens (including phenoxy) is 1. The van der Waals surface area contributed by atoms with E-state index >= 15 is 0 Å². The first-order chi connectivity index (χ1) is 19.7. The van der Waals surface area contributed by atoms with Gasteiger partial charge in [-0.1, -0.05) is 80.7 Å². The number of hydrogen-bond donors (Lipinski definition) is 1. The lowest BCUT2D eigenvalue weighted by Crippen LogP contribution is -2.39. The Balaban J connectivity index is 1.65. The quantitative estimate of drug-likeness (QED) is 0.0751. The number of esters is 1. The second kappa shape index (κ2) is 19.2. The molecule has 0 saturated carbocycles. The molecule has 0 aliphatic carbocycles. The molecule has 0 saturated heterocycles. The summed E-state index contributed by atoms with van der Waals surface area (Å²) in [6.45, 7) is 7.67. The summed E-state index contributed by atoms with van der Waals surface area (Å²) in [6.07, 6.45) is 24.2. The zero-order valence-electron chi connectivity index (χ0n) is 25.8. The van der Waals surface area contributed by atoms with E-state index in [9.17, 15) is 14.7 Å². The lowest BCUT2D eigenvalue weighted by Gasteiger charge is -2.29. The Kier molecular flexibility index (Phi) is 16.1. The number of unbranched alkanes of at least 4 members (excludes halogenated alkanes) is 7. The Bertz CT molecular complexity index is 1180. The molecule has 1 aromatic heterocycles. The number of rotatable bonds is 20. The number of carbonyl (C=O) groups is 1. The zero-order valence-corrected chi connectivity index (χ0v) is 25.8. The van der Waals surface area contributed by atoms with Crippen LogP contribution in [0.1, 0.15) is 117 Å². The van der Waals surface area contributed by atoms with E-state index in [0.717, 1.165) is 55.0 Å². The van der Waals surface area contributed by atoms with E-state index in [1.165, 1.54) is 31.7 Å². The van der Waals surface area contributed by atoms with Crippen LogP contribution in [0.2, 0.25) is 0 Å². The largest absolute Gasteiger partial charge is 0.459 e. The molecule has 1 N–H and O–H groups in total. The zero-order chi connectivity index (χ0) is 29.9. The number of hydrogen-bond acceptors (Lipinski definition) is 5. The minimum absolute atomic E-state index is 0.234. The van der Waals surface area contributed by atoms with Crippen molar-refractivity contribution in [3.05, 3.63) is 82.3 Å². The third-order valence-corrected chi connectivity index (χ3v) is 7.32. The predicted molar refractivity (Wildman–Crippen MR) is 170 cm³/mol. The molecule has 0 amide bonds. The van der Waals surface area contributed by atoms with Gasteiger partial charge in [0.05, 0.1) is 5.60 Å². The number of aliphatic hydroxyl groups is 1. The number of fused-ring (bicyclic) bond motifs is 1. The van der Waals surface area contributed by atoms with E-state index in [0.29, 0.717) is 31.3 Å². The van der Waals surface area contributed by atoms with E-state index in [1.807, 2.05) is 25.1 Å². The van der Waals surface area contributed by atoms with E-state index < -0.39 is 11.7 Å². The Morgan fingerprint density at radius 3 is 2.34 bits per heavy atom. The first-order valence-electron chi connectivity index (χ1n) is 15.6. The molecular formula is C36H52O5. The minimum Gasteiger partial charge on any atom is -0.459 e. The van der Waals surface area contributed by atoms with Crippen LogP contribution in [0.15, 0.2) is 75.5 Å². The highest BCUT2D eigenvalue weighted by molar-refractivity contribution is 5.76. The van der Waals surface area contributed by atoms with Crippen molar-refractivity contribution >= 4 is 16.9 Å². The predicted octanol–water partition coefficient (Wildman–Crippen LogP) is 9.17. The molecule has 5 heteroatoms. The van der Waals surface area contributed by atoms with Crippen molar-refractivity contribution < 1.29 is 19.1 Å². The molecule has 5 nitrogen and oxygen atoms in total. The fourth-order valence-electron chi connectivity index (χ4n) is 4.66. The van der Waals surface area contributed by atoms with Gasteiger partial charge in [-0.2, -0.15) is 0 Å². The Labute approximate surface area is 247 Å². The molecule has 41 heavy (non-hydrogen) atoms. The van der Waals surface area contributed by atoms with Gasteiger partial charge in [-0.05, 0) is 96.3 Å². The van der Waals surface area contributed by atoms with Gasteiger partial charge in [-0.25, -0.2) is 4.79 Å². The second-order valence-corrected chi connectivity index (χ2v) is 11.7. The van der Waals surface area contributed by atoms with E-state index in [2.05, 4.69) is 37.3 Å². The van der Waals surface area contributed by atoms with Crippen LogP contribution >= 0.6 is 0 Å². The standard InChI is InChI=1S/C36H52O5/c1-5-6-7-8-9-10-11-12-13-14-15-16-17-18-19-34(37)41-33(36(3,4)39)26-21-29(2)20-22-30-23-24-31-25-27-35(38)40-32(31)28-30/h9-10,12-13,20,23-25,27-28,33,39H,5-8,11,14-19,21-22,26H2,1-4H3/b10-9-,13-12-,29-20+/t33-/m1/s1. The number of benzene rings is 1. The summed E-state index contributed by atoms with van der Waals surface area (Å²) in [5.74, 6) is -0.234. The van der Waals surface area contributed by atoms with Crippen LogP contribution in [0.25, 0.3) is 11.0 Å². The van der Waals surface area contributed by atoms with Gasteiger partial charge in [0.25, 0.3) is 0 Å².